The van der Waals surface area contributed by atoms with E-state index in [0.717, 1.165) is 13.1 Å². The molecule has 2 rings (SSSR count). The second-order valence-corrected chi connectivity index (χ2v) is 6.62. The molecule has 118 valence electrons. The van der Waals surface area contributed by atoms with Gasteiger partial charge in [0, 0.05) is 38.4 Å². The molecule has 1 aliphatic rings. The van der Waals surface area contributed by atoms with E-state index in [1.807, 2.05) is 0 Å². The van der Waals surface area contributed by atoms with Gasteiger partial charge in [0.1, 0.15) is 0 Å². The fourth-order valence-electron chi connectivity index (χ4n) is 2.86. The van der Waals surface area contributed by atoms with E-state index in [0.29, 0.717) is 6.04 Å². The molecule has 0 spiro atoms. The molecule has 0 atom stereocenters. The third kappa shape index (κ3) is 5.01. The lowest BCUT2D eigenvalue weighted by molar-refractivity contribution is 0.346. The number of hydrogen-bond acceptors (Lipinski definition) is 3. The van der Waals surface area contributed by atoms with Crippen LogP contribution in [0.15, 0.2) is 18.2 Å². The lowest BCUT2D eigenvalue weighted by Crippen LogP contribution is -2.31. The monoisotopic (exact) mass is 289 g/mol. The lowest BCUT2D eigenvalue weighted by atomic mass is 10.1. The van der Waals surface area contributed by atoms with Crippen LogP contribution in [0.1, 0.15) is 37.8 Å². The van der Waals surface area contributed by atoms with Crippen LogP contribution in [0.2, 0.25) is 0 Å². The maximum atomic E-state index is 3.49. The second kappa shape index (κ2) is 7.81. The third-order valence-electron chi connectivity index (χ3n) is 4.42. The molecule has 1 saturated heterocycles. The Balaban J connectivity index is 1.88. The number of hydrogen-bond donors (Lipinski definition) is 1. The summed E-state index contributed by atoms with van der Waals surface area (Å²) in [5.74, 6) is 0. The Labute approximate surface area is 130 Å². The molecule has 21 heavy (non-hydrogen) atoms. The quantitative estimate of drug-likeness (QED) is 0.832. The number of nitrogens with one attached hydrogen (secondary N) is 1. The topological polar surface area (TPSA) is 18.5 Å². The van der Waals surface area contributed by atoms with Gasteiger partial charge >= 0.3 is 0 Å². The number of anilines is 1. The molecule has 0 bridgehead atoms. The molecular weight excluding hydrogens is 258 g/mol. The largest absolute Gasteiger partial charge is 0.373 e. The van der Waals surface area contributed by atoms with Crippen LogP contribution in [-0.2, 0) is 6.54 Å². The molecule has 0 aromatic heterocycles. The predicted molar refractivity (Wildman–Crippen MR) is 92.1 cm³/mol. The zero-order valence-electron chi connectivity index (χ0n) is 14.2. The van der Waals surface area contributed by atoms with Crippen LogP contribution >= 0.6 is 0 Å². The van der Waals surface area contributed by atoms with Crippen molar-refractivity contribution in [3.8, 4) is 0 Å². The Morgan fingerprint density at radius 3 is 2.57 bits per heavy atom. The standard InChI is InChI=1S/C18H31N3/c1-15(2)19-14-17-7-8-18(13-16(17)3)20(4)11-12-21-9-5-6-10-21/h7-8,13,15,19H,5-6,9-12,14H2,1-4H3. The van der Waals surface area contributed by atoms with Crippen molar-refractivity contribution in [2.75, 3.05) is 38.1 Å². The highest BCUT2D eigenvalue weighted by atomic mass is 15.2. The van der Waals surface area contributed by atoms with Crippen molar-refractivity contribution in [1.29, 1.82) is 0 Å². The summed E-state index contributed by atoms with van der Waals surface area (Å²) in [7, 11) is 2.21. The van der Waals surface area contributed by atoms with Crippen molar-refractivity contribution in [3.63, 3.8) is 0 Å². The Hall–Kier alpha value is -1.06. The van der Waals surface area contributed by atoms with Crippen LogP contribution < -0.4 is 10.2 Å². The molecule has 0 aliphatic carbocycles. The fraction of sp³-hybridized carbons (Fsp3) is 0.667. The molecule has 1 fully saturated rings. The van der Waals surface area contributed by atoms with E-state index in [1.165, 1.54) is 49.3 Å². The van der Waals surface area contributed by atoms with Gasteiger partial charge in [-0.3, -0.25) is 0 Å². The molecule has 3 nitrogen and oxygen atoms in total. The first-order chi connectivity index (χ1) is 10.1. The van der Waals surface area contributed by atoms with Gasteiger partial charge in [-0.15, -0.1) is 0 Å². The van der Waals surface area contributed by atoms with E-state index >= 15 is 0 Å². The van der Waals surface area contributed by atoms with Gasteiger partial charge in [0.05, 0.1) is 0 Å². The van der Waals surface area contributed by atoms with E-state index < -0.39 is 0 Å². The summed E-state index contributed by atoms with van der Waals surface area (Å²) in [4.78, 5) is 4.95. The summed E-state index contributed by atoms with van der Waals surface area (Å²) in [5, 5.41) is 3.49. The summed E-state index contributed by atoms with van der Waals surface area (Å²) in [5.41, 5.74) is 4.12. The van der Waals surface area contributed by atoms with Crippen molar-refractivity contribution in [2.45, 2.75) is 46.2 Å². The molecule has 1 heterocycles. The molecule has 1 aromatic carbocycles. The van der Waals surface area contributed by atoms with Crippen LogP contribution in [-0.4, -0.2) is 44.2 Å². The first-order valence-corrected chi connectivity index (χ1v) is 8.32. The smallest absolute Gasteiger partial charge is 0.0366 e. The highest BCUT2D eigenvalue weighted by molar-refractivity contribution is 5.50. The number of nitrogens with zero attached hydrogens (tertiary/aromatic N) is 2. The van der Waals surface area contributed by atoms with Crippen molar-refractivity contribution in [1.82, 2.24) is 10.2 Å². The molecule has 1 N–H and O–H groups in total. The molecule has 0 amide bonds. The normalized spacial score (nSPS) is 15.9. The maximum absolute atomic E-state index is 3.49. The minimum Gasteiger partial charge on any atom is -0.373 e. The van der Waals surface area contributed by atoms with Crippen molar-refractivity contribution >= 4 is 5.69 Å². The van der Waals surface area contributed by atoms with Crippen LogP contribution in [0.5, 0.6) is 0 Å². The van der Waals surface area contributed by atoms with Gasteiger partial charge in [-0.2, -0.15) is 0 Å². The van der Waals surface area contributed by atoms with Gasteiger partial charge < -0.3 is 15.1 Å². The third-order valence-corrected chi connectivity index (χ3v) is 4.42. The Morgan fingerprint density at radius 2 is 1.95 bits per heavy atom. The first-order valence-electron chi connectivity index (χ1n) is 8.32. The van der Waals surface area contributed by atoms with Gasteiger partial charge in [0.25, 0.3) is 0 Å². The number of likely N-dealkylation sites (N-methyl/N-ethyl adjacent to an activating group) is 1. The number of rotatable bonds is 7. The second-order valence-electron chi connectivity index (χ2n) is 6.62. The molecule has 0 radical (unpaired) electrons. The van der Waals surface area contributed by atoms with Crippen molar-refractivity contribution in [3.05, 3.63) is 29.3 Å². The summed E-state index contributed by atoms with van der Waals surface area (Å²) >= 11 is 0. The van der Waals surface area contributed by atoms with Crippen LogP contribution in [0.3, 0.4) is 0 Å². The number of aryl methyl sites for hydroxylation is 1. The van der Waals surface area contributed by atoms with Crippen molar-refractivity contribution in [2.24, 2.45) is 0 Å². The summed E-state index contributed by atoms with van der Waals surface area (Å²) in [6.07, 6.45) is 2.75. The Bertz CT molecular complexity index is 436. The van der Waals surface area contributed by atoms with Crippen LogP contribution in [0, 0.1) is 6.92 Å². The van der Waals surface area contributed by atoms with Gasteiger partial charge in [0.2, 0.25) is 0 Å². The molecular formula is C18H31N3. The highest BCUT2D eigenvalue weighted by Crippen LogP contribution is 2.18. The van der Waals surface area contributed by atoms with E-state index in [4.69, 9.17) is 0 Å². The van der Waals surface area contributed by atoms with E-state index in [1.54, 1.807) is 0 Å². The first kappa shape index (κ1) is 16.3. The zero-order chi connectivity index (χ0) is 15.2. The molecule has 0 saturated carbocycles. The molecule has 1 aliphatic heterocycles. The van der Waals surface area contributed by atoms with E-state index in [9.17, 15) is 0 Å². The van der Waals surface area contributed by atoms with Gasteiger partial charge in [-0.05, 0) is 56.1 Å². The highest BCUT2D eigenvalue weighted by Gasteiger charge is 2.12. The lowest BCUT2D eigenvalue weighted by Gasteiger charge is -2.24. The molecule has 0 unspecified atom stereocenters. The minimum absolute atomic E-state index is 0.534. The SMILES string of the molecule is Cc1cc(N(C)CCN2CCCC2)ccc1CNC(C)C. The minimum atomic E-state index is 0.534. The number of likely N-dealkylation sites (tertiary alicyclic amines) is 1. The van der Waals surface area contributed by atoms with Gasteiger partial charge in [0.15, 0.2) is 0 Å². The maximum Gasteiger partial charge on any atom is 0.0366 e. The van der Waals surface area contributed by atoms with Gasteiger partial charge in [-0.1, -0.05) is 19.9 Å². The van der Waals surface area contributed by atoms with Crippen LogP contribution in [0.25, 0.3) is 0 Å². The number of benzene rings is 1. The van der Waals surface area contributed by atoms with Crippen molar-refractivity contribution < 1.29 is 0 Å². The van der Waals surface area contributed by atoms with Gasteiger partial charge in [-0.25, -0.2) is 0 Å². The average molecular weight is 289 g/mol. The molecule has 3 heteroatoms. The van der Waals surface area contributed by atoms with Crippen LogP contribution in [0.4, 0.5) is 5.69 Å². The predicted octanol–water partition coefficient (Wildman–Crippen LogP) is 3.03. The molecule has 1 aromatic rings. The van der Waals surface area contributed by atoms with E-state index in [-0.39, 0.29) is 0 Å². The average Bonchev–Trinajstić information content (AvgIpc) is 2.96. The summed E-state index contributed by atoms with van der Waals surface area (Å²) in [6.45, 7) is 12.4. The fourth-order valence-corrected chi connectivity index (χ4v) is 2.86. The Kier molecular flexibility index (Phi) is 6.07. The Morgan fingerprint density at radius 1 is 1.24 bits per heavy atom. The van der Waals surface area contributed by atoms with E-state index in [2.05, 4.69) is 61.1 Å². The summed E-state index contributed by atoms with van der Waals surface area (Å²) in [6, 6.07) is 7.38. The summed E-state index contributed by atoms with van der Waals surface area (Å²) < 4.78 is 0. The zero-order valence-corrected chi connectivity index (χ0v) is 14.2.